The Kier molecular flexibility index (Phi) is 8.14. The Hall–Kier alpha value is -2.83. The van der Waals surface area contributed by atoms with E-state index in [0.717, 1.165) is 17.7 Å². The molecule has 1 amide bonds. The third kappa shape index (κ3) is 6.06. The molecule has 35 heavy (non-hydrogen) atoms. The molecule has 0 radical (unpaired) electrons. The van der Waals surface area contributed by atoms with E-state index in [-0.39, 0.29) is 5.91 Å². The van der Waals surface area contributed by atoms with Gasteiger partial charge in [-0.1, -0.05) is 83.3 Å². The first kappa shape index (κ1) is 25.3. The third-order valence-corrected chi connectivity index (χ3v) is 6.62. The van der Waals surface area contributed by atoms with Crippen molar-refractivity contribution in [3.63, 3.8) is 0 Å². The van der Waals surface area contributed by atoms with Gasteiger partial charge in [-0.3, -0.25) is 4.79 Å². The minimum atomic E-state index is -0.146. The lowest BCUT2D eigenvalue weighted by Crippen LogP contribution is -2.37. The largest absolute Gasteiger partial charge is 0.332 e. The minimum Gasteiger partial charge on any atom is -0.332 e. The molecule has 0 N–H and O–H groups in total. The number of likely N-dealkylation sites (N-methyl/N-ethyl adjacent to an activating group) is 1. The van der Waals surface area contributed by atoms with E-state index in [4.69, 9.17) is 39.9 Å². The molecule has 0 bridgehead atoms. The van der Waals surface area contributed by atoms with Crippen LogP contribution in [0.25, 0.3) is 16.9 Å². The van der Waals surface area contributed by atoms with Crippen LogP contribution >= 0.6 is 34.8 Å². The molecule has 3 aromatic carbocycles. The SMILES string of the molecule is CN(C)CCN(Cc1ccccc1)C(=O)c1cc(-c2ccccc2Cl)nn1-c1ccc(Cl)c(Cl)c1. The summed E-state index contributed by atoms with van der Waals surface area (Å²) in [4.78, 5) is 17.9. The fraction of sp³-hybridized carbons (Fsp3) is 0.185. The van der Waals surface area contributed by atoms with E-state index in [9.17, 15) is 4.79 Å². The summed E-state index contributed by atoms with van der Waals surface area (Å²) in [7, 11) is 3.97. The van der Waals surface area contributed by atoms with Crippen molar-refractivity contribution in [2.24, 2.45) is 0 Å². The number of carbonyl (C=O) groups excluding carboxylic acids is 1. The Morgan fingerprint density at radius 2 is 1.54 bits per heavy atom. The monoisotopic (exact) mass is 526 g/mol. The number of rotatable bonds is 8. The van der Waals surface area contributed by atoms with Crippen LogP contribution < -0.4 is 0 Å². The van der Waals surface area contributed by atoms with Crippen LogP contribution in [0, 0.1) is 0 Å². The predicted molar refractivity (Wildman–Crippen MR) is 144 cm³/mol. The van der Waals surface area contributed by atoms with Gasteiger partial charge < -0.3 is 9.80 Å². The molecule has 4 aromatic rings. The van der Waals surface area contributed by atoms with E-state index >= 15 is 0 Å². The van der Waals surface area contributed by atoms with Gasteiger partial charge in [-0.15, -0.1) is 0 Å². The van der Waals surface area contributed by atoms with Gasteiger partial charge in [-0.25, -0.2) is 4.68 Å². The molecule has 1 heterocycles. The number of benzene rings is 3. The van der Waals surface area contributed by atoms with Crippen LogP contribution in [0.5, 0.6) is 0 Å². The van der Waals surface area contributed by atoms with E-state index in [2.05, 4.69) is 4.90 Å². The molecule has 1 aromatic heterocycles. The van der Waals surface area contributed by atoms with Crippen molar-refractivity contribution >= 4 is 40.7 Å². The molecule has 4 rings (SSSR count). The fourth-order valence-electron chi connectivity index (χ4n) is 3.69. The average molecular weight is 528 g/mol. The second-order valence-electron chi connectivity index (χ2n) is 8.42. The summed E-state index contributed by atoms with van der Waals surface area (Å²) < 4.78 is 1.61. The second-order valence-corrected chi connectivity index (χ2v) is 9.64. The normalized spacial score (nSPS) is 11.1. The maximum Gasteiger partial charge on any atom is 0.272 e. The topological polar surface area (TPSA) is 41.4 Å². The van der Waals surface area contributed by atoms with Crippen molar-refractivity contribution in [1.29, 1.82) is 0 Å². The highest BCUT2D eigenvalue weighted by Gasteiger charge is 2.24. The summed E-state index contributed by atoms with van der Waals surface area (Å²) in [6, 6.07) is 24.3. The fourth-order valence-corrected chi connectivity index (χ4v) is 4.21. The smallest absolute Gasteiger partial charge is 0.272 e. The maximum atomic E-state index is 14.0. The van der Waals surface area contributed by atoms with Crippen LogP contribution in [0.3, 0.4) is 0 Å². The van der Waals surface area contributed by atoms with Crippen molar-refractivity contribution in [3.05, 3.63) is 105 Å². The molecule has 0 saturated heterocycles. The zero-order chi connectivity index (χ0) is 24.9. The van der Waals surface area contributed by atoms with Crippen LogP contribution in [0.1, 0.15) is 16.1 Å². The Bertz CT molecular complexity index is 1320. The highest BCUT2D eigenvalue weighted by molar-refractivity contribution is 6.42. The molecular formula is C27H25Cl3N4O. The van der Waals surface area contributed by atoms with Gasteiger partial charge in [0.15, 0.2) is 0 Å². The molecule has 180 valence electrons. The van der Waals surface area contributed by atoms with Crippen molar-refractivity contribution in [2.75, 3.05) is 27.2 Å². The molecule has 8 heteroatoms. The molecular weight excluding hydrogens is 503 g/mol. The number of nitrogens with zero attached hydrogens (tertiary/aromatic N) is 4. The zero-order valence-corrected chi connectivity index (χ0v) is 21.7. The Labute approximate surface area is 220 Å². The number of carbonyl (C=O) groups is 1. The average Bonchev–Trinajstić information content (AvgIpc) is 3.29. The highest BCUT2D eigenvalue weighted by atomic mass is 35.5. The molecule has 0 aliphatic rings. The van der Waals surface area contributed by atoms with Gasteiger partial charge in [-0.2, -0.15) is 5.10 Å². The standard InChI is InChI=1S/C27H25Cl3N4O/c1-32(2)14-15-33(18-19-8-4-3-5-9-19)27(35)26-17-25(21-10-6-7-11-22(21)28)31-34(26)20-12-13-23(29)24(30)16-20/h3-13,16-17H,14-15,18H2,1-2H3. The highest BCUT2D eigenvalue weighted by Crippen LogP contribution is 2.30. The molecule has 0 atom stereocenters. The Morgan fingerprint density at radius 3 is 2.23 bits per heavy atom. The van der Waals surface area contributed by atoms with Gasteiger partial charge in [0.05, 0.1) is 26.4 Å². The summed E-state index contributed by atoms with van der Waals surface area (Å²) in [5.41, 5.74) is 3.43. The molecule has 0 spiro atoms. The van der Waals surface area contributed by atoms with Gasteiger partial charge in [0.2, 0.25) is 0 Å². The van der Waals surface area contributed by atoms with Crippen molar-refractivity contribution in [3.8, 4) is 16.9 Å². The van der Waals surface area contributed by atoms with E-state index in [1.807, 2.05) is 67.5 Å². The van der Waals surface area contributed by atoms with Crippen LogP contribution in [0.4, 0.5) is 0 Å². The summed E-state index contributed by atoms with van der Waals surface area (Å²) in [5, 5.41) is 6.13. The van der Waals surface area contributed by atoms with Crippen LogP contribution in [-0.2, 0) is 6.54 Å². The molecule has 0 aliphatic carbocycles. The van der Waals surface area contributed by atoms with Crippen molar-refractivity contribution in [2.45, 2.75) is 6.54 Å². The van der Waals surface area contributed by atoms with Gasteiger partial charge in [0.25, 0.3) is 5.91 Å². The predicted octanol–water partition coefficient (Wildman–Crippen LogP) is 6.70. The lowest BCUT2D eigenvalue weighted by molar-refractivity contribution is 0.0722. The van der Waals surface area contributed by atoms with E-state index in [1.54, 1.807) is 35.0 Å². The lowest BCUT2D eigenvalue weighted by atomic mass is 10.1. The molecule has 0 fully saturated rings. The second kappa shape index (κ2) is 11.3. The molecule has 5 nitrogen and oxygen atoms in total. The summed E-state index contributed by atoms with van der Waals surface area (Å²) in [5.74, 6) is -0.146. The van der Waals surface area contributed by atoms with Gasteiger partial charge in [0, 0.05) is 25.2 Å². The van der Waals surface area contributed by atoms with Gasteiger partial charge >= 0.3 is 0 Å². The lowest BCUT2D eigenvalue weighted by Gasteiger charge is -2.25. The number of hydrogen-bond acceptors (Lipinski definition) is 3. The molecule has 0 unspecified atom stereocenters. The number of hydrogen-bond donors (Lipinski definition) is 0. The number of halogens is 3. The minimum absolute atomic E-state index is 0.146. The van der Waals surface area contributed by atoms with E-state index < -0.39 is 0 Å². The molecule has 0 aliphatic heterocycles. The summed E-state index contributed by atoms with van der Waals surface area (Å²) in [6.45, 7) is 1.74. The Balaban J connectivity index is 1.80. The Morgan fingerprint density at radius 1 is 0.829 bits per heavy atom. The summed E-state index contributed by atoms with van der Waals surface area (Å²) >= 11 is 18.9. The third-order valence-electron chi connectivity index (χ3n) is 5.55. The first-order valence-corrected chi connectivity index (χ1v) is 12.2. The first-order chi connectivity index (χ1) is 16.8. The van der Waals surface area contributed by atoms with E-state index in [1.165, 1.54) is 0 Å². The van der Waals surface area contributed by atoms with Crippen LogP contribution in [-0.4, -0.2) is 52.7 Å². The zero-order valence-electron chi connectivity index (χ0n) is 19.5. The quantitative estimate of drug-likeness (QED) is 0.256. The number of amides is 1. The van der Waals surface area contributed by atoms with Crippen molar-refractivity contribution < 1.29 is 4.79 Å². The maximum absolute atomic E-state index is 14.0. The molecule has 0 saturated carbocycles. The van der Waals surface area contributed by atoms with Gasteiger partial charge in [-0.05, 0) is 50.0 Å². The number of aromatic nitrogens is 2. The van der Waals surface area contributed by atoms with E-state index in [0.29, 0.717) is 45.2 Å². The van der Waals surface area contributed by atoms with Crippen LogP contribution in [0.2, 0.25) is 15.1 Å². The van der Waals surface area contributed by atoms with Crippen LogP contribution in [0.15, 0.2) is 78.9 Å². The van der Waals surface area contributed by atoms with Gasteiger partial charge in [0.1, 0.15) is 5.69 Å². The summed E-state index contributed by atoms with van der Waals surface area (Å²) in [6.07, 6.45) is 0. The first-order valence-electron chi connectivity index (χ1n) is 11.1. The van der Waals surface area contributed by atoms with Crippen molar-refractivity contribution in [1.82, 2.24) is 19.6 Å².